The number of esters is 1. The van der Waals surface area contributed by atoms with Crippen LogP contribution in [0.1, 0.15) is 23.0 Å². The molecule has 0 fully saturated rings. The summed E-state index contributed by atoms with van der Waals surface area (Å²) in [5.41, 5.74) is -1.61. The largest absolute Gasteiger partial charge is 0.461 e. The van der Waals surface area contributed by atoms with E-state index in [2.05, 4.69) is 4.98 Å². The Morgan fingerprint density at radius 2 is 1.95 bits per heavy atom. The minimum atomic E-state index is -0.770. The molecule has 1 heterocycles. The van der Waals surface area contributed by atoms with Crippen LogP contribution in [0.3, 0.4) is 0 Å². The highest BCUT2D eigenvalue weighted by Crippen LogP contribution is 2.02. The van der Waals surface area contributed by atoms with Gasteiger partial charge in [0.05, 0.1) is 32.0 Å². The average Bonchev–Trinajstić information content (AvgIpc) is 2.36. The van der Waals surface area contributed by atoms with Crippen molar-refractivity contribution in [1.82, 2.24) is 9.97 Å². The predicted molar refractivity (Wildman–Crippen MR) is 65.2 cm³/mol. The molecule has 0 atom stereocenters. The van der Waals surface area contributed by atoms with E-state index in [1.807, 2.05) is 4.98 Å². The first-order chi connectivity index (χ1) is 9.10. The number of hydrogen-bond donors (Lipinski definition) is 2. The third kappa shape index (κ3) is 4.34. The van der Waals surface area contributed by atoms with Crippen molar-refractivity contribution in [2.24, 2.45) is 0 Å². The molecule has 0 aromatic carbocycles. The highest BCUT2D eigenvalue weighted by Gasteiger charge is 2.17. The molecule has 0 radical (unpaired) electrons. The second-order valence-corrected chi connectivity index (χ2v) is 3.53. The van der Waals surface area contributed by atoms with Crippen molar-refractivity contribution in [3.63, 3.8) is 0 Å². The van der Waals surface area contributed by atoms with Gasteiger partial charge in [-0.1, -0.05) is 0 Å². The van der Waals surface area contributed by atoms with Crippen molar-refractivity contribution >= 4 is 5.97 Å². The molecule has 0 saturated carbocycles. The normalized spacial score (nSPS) is 10.4. The second kappa shape index (κ2) is 7.49. The quantitative estimate of drug-likeness (QED) is 0.506. The zero-order valence-electron chi connectivity index (χ0n) is 10.8. The van der Waals surface area contributed by atoms with Gasteiger partial charge in [-0.15, -0.1) is 0 Å². The van der Waals surface area contributed by atoms with Crippen LogP contribution in [0.5, 0.6) is 0 Å². The van der Waals surface area contributed by atoms with Crippen LogP contribution in [0.2, 0.25) is 0 Å². The van der Waals surface area contributed by atoms with Crippen LogP contribution in [-0.4, -0.2) is 42.9 Å². The molecule has 1 aromatic heterocycles. The van der Waals surface area contributed by atoms with Gasteiger partial charge in [0.15, 0.2) is 0 Å². The molecule has 1 aromatic rings. The monoisotopic (exact) mass is 272 g/mol. The summed E-state index contributed by atoms with van der Waals surface area (Å²) < 4.78 is 14.7. The van der Waals surface area contributed by atoms with Gasteiger partial charge in [-0.25, -0.2) is 9.59 Å². The van der Waals surface area contributed by atoms with Crippen molar-refractivity contribution in [3.8, 4) is 0 Å². The molecule has 0 bridgehead atoms. The highest BCUT2D eigenvalue weighted by molar-refractivity contribution is 5.88. The fourth-order valence-corrected chi connectivity index (χ4v) is 1.34. The molecule has 1 rings (SSSR count). The minimum Gasteiger partial charge on any atom is -0.461 e. The summed E-state index contributed by atoms with van der Waals surface area (Å²) in [5, 5.41) is 0. The number of H-pyrrole nitrogens is 2. The van der Waals surface area contributed by atoms with E-state index in [4.69, 9.17) is 14.2 Å². The lowest BCUT2D eigenvalue weighted by Gasteiger charge is -2.08. The SMILES string of the molecule is CCOC(=O)c1[nH]c(=O)[nH]c(=O)c1COCCOC. The maximum absolute atomic E-state index is 11.6. The zero-order chi connectivity index (χ0) is 14.3. The van der Waals surface area contributed by atoms with E-state index in [1.165, 1.54) is 7.11 Å². The molecule has 0 aliphatic heterocycles. The predicted octanol–water partition coefficient (Wildman–Crippen LogP) is -0.597. The van der Waals surface area contributed by atoms with Gasteiger partial charge in [0, 0.05) is 7.11 Å². The van der Waals surface area contributed by atoms with E-state index >= 15 is 0 Å². The van der Waals surface area contributed by atoms with Crippen molar-refractivity contribution in [1.29, 1.82) is 0 Å². The van der Waals surface area contributed by atoms with Crippen LogP contribution in [0, 0.1) is 0 Å². The van der Waals surface area contributed by atoms with E-state index in [1.54, 1.807) is 6.92 Å². The first kappa shape index (κ1) is 15.1. The molecule has 0 unspecified atom stereocenters. The van der Waals surface area contributed by atoms with Crippen LogP contribution in [0.4, 0.5) is 0 Å². The minimum absolute atomic E-state index is 0.0224. The number of carbonyl (C=O) groups is 1. The molecule has 106 valence electrons. The van der Waals surface area contributed by atoms with Gasteiger partial charge in [-0.3, -0.25) is 9.78 Å². The molecule has 0 spiro atoms. The summed E-state index contributed by atoms with van der Waals surface area (Å²) in [6.07, 6.45) is 0. The number of nitrogens with one attached hydrogen (secondary N) is 2. The lowest BCUT2D eigenvalue weighted by molar-refractivity contribution is 0.0487. The Kier molecular flexibility index (Phi) is 5.97. The fraction of sp³-hybridized carbons (Fsp3) is 0.545. The van der Waals surface area contributed by atoms with Crippen LogP contribution in [0.25, 0.3) is 0 Å². The number of rotatable bonds is 7. The number of carbonyl (C=O) groups excluding carboxylic acids is 1. The van der Waals surface area contributed by atoms with E-state index in [0.717, 1.165) is 0 Å². The molecule has 0 aliphatic carbocycles. The van der Waals surface area contributed by atoms with Gasteiger partial charge in [0.2, 0.25) is 0 Å². The summed E-state index contributed by atoms with van der Waals surface area (Å²) in [5.74, 6) is -0.768. The van der Waals surface area contributed by atoms with Gasteiger partial charge < -0.3 is 19.2 Å². The number of aromatic nitrogens is 2. The van der Waals surface area contributed by atoms with Crippen LogP contribution in [-0.2, 0) is 20.8 Å². The fourth-order valence-electron chi connectivity index (χ4n) is 1.34. The molecule has 8 nitrogen and oxygen atoms in total. The van der Waals surface area contributed by atoms with Crippen LogP contribution >= 0.6 is 0 Å². The molecule has 2 N–H and O–H groups in total. The molecular weight excluding hydrogens is 256 g/mol. The number of ether oxygens (including phenoxy) is 3. The lowest BCUT2D eigenvalue weighted by atomic mass is 10.2. The van der Waals surface area contributed by atoms with E-state index in [9.17, 15) is 14.4 Å². The average molecular weight is 272 g/mol. The maximum Gasteiger partial charge on any atom is 0.355 e. The summed E-state index contributed by atoms with van der Waals surface area (Å²) in [4.78, 5) is 38.7. The molecule has 0 saturated heterocycles. The number of aromatic amines is 2. The molecule has 0 aliphatic rings. The topological polar surface area (TPSA) is 110 Å². The highest BCUT2D eigenvalue weighted by atomic mass is 16.5. The van der Waals surface area contributed by atoms with Gasteiger partial charge in [-0.2, -0.15) is 0 Å². The smallest absolute Gasteiger partial charge is 0.355 e. The van der Waals surface area contributed by atoms with Crippen molar-refractivity contribution in [3.05, 3.63) is 32.1 Å². The Bertz CT molecular complexity index is 533. The molecule has 8 heteroatoms. The first-order valence-corrected chi connectivity index (χ1v) is 5.69. The zero-order valence-corrected chi connectivity index (χ0v) is 10.8. The molecular formula is C11H16N2O6. The Labute approximate surface area is 108 Å². The van der Waals surface area contributed by atoms with Crippen molar-refractivity contribution in [2.75, 3.05) is 26.9 Å². The van der Waals surface area contributed by atoms with Crippen LogP contribution in [0.15, 0.2) is 9.59 Å². The van der Waals surface area contributed by atoms with Crippen molar-refractivity contribution < 1.29 is 19.0 Å². The Balaban J connectivity index is 2.96. The first-order valence-electron chi connectivity index (χ1n) is 5.69. The van der Waals surface area contributed by atoms with Gasteiger partial charge in [0.25, 0.3) is 5.56 Å². The van der Waals surface area contributed by atoms with Crippen LogP contribution < -0.4 is 11.2 Å². The van der Waals surface area contributed by atoms with E-state index in [-0.39, 0.29) is 31.1 Å². The van der Waals surface area contributed by atoms with Crippen molar-refractivity contribution in [2.45, 2.75) is 13.5 Å². The Morgan fingerprint density at radius 3 is 2.58 bits per heavy atom. The van der Waals surface area contributed by atoms with E-state index < -0.39 is 17.2 Å². The second-order valence-electron chi connectivity index (χ2n) is 3.53. The Morgan fingerprint density at radius 1 is 1.21 bits per heavy atom. The Hall–Kier alpha value is -1.93. The summed E-state index contributed by atoms with van der Waals surface area (Å²) >= 11 is 0. The third-order valence-electron chi connectivity index (χ3n) is 2.20. The molecule has 0 amide bonds. The summed E-state index contributed by atoms with van der Waals surface area (Å²) in [7, 11) is 1.51. The van der Waals surface area contributed by atoms with Gasteiger partial charge in [0.1, 0.15) is 5.69 Å². The lowest BCUT2D eigenvalue weighted by Crippen LogP contribution is -2.31. The van der Waals surface area contributed by atoms with Gasteiger partial charge in [-0.05, 0) is 6.92 Å². The molecule has 19 heavy (non-hydrogen) atoms. The van der Waals surface area contributed by atoms with Gasteiger partial charge >= 0.3 is 11.7 Å². The number of hydrogen-bond acceptors (Lipinski definition) is 6. The third-order valence-corrected chi connectivity index (χ3v) is 2.20. The standard InChI is InChI=1S/C11H16N2O6/c1-3-19-10(15)8-7(6-18-5-4-17-2)9(14)13-11(16)12-8/h3-6H2,1-2H3,(H2,12,13,14,16). The number of methoxy groups -OCH3 is 1. The van der Waals surface area contributed by atoms with E-state index in [0.29, 0.717) is 6.61 Å². The summed E-state index contributed by atoms with van der Waals surface area (Å²) in [6, 6.07) is 0. The maximum atomic E-state index is 11.6. The summed E-state index contributed by atoms with van der Waals surface area (Å²) in [6.45, 7) is 2.26.